The summed E-state index contributed by atoms with van der Waals surface area (Å²) in [6.45, 7) is 2.73. The van der Waals surface area contributed by atoms with Crippen LogP contribution in [0, 0.1) is 5.82 Å². The van der Waals surface area contributed by atoms with Gasteiger partial charge >= 0.3 is 6.03 Å². The topological polar surface area (TPSA) is 32.3 Å². The van der Waals surface area contributed by atoms with Gasteiger partial charge in [-0.05, 0) is 30.7 Å². The van der Waals surface area contributed by atoms with Crippen LogP contribution in [0.15, 0.2) is 53.4 Å². The van der Waals surface area contributed by atoms with Gasteiger partial charge in [0.2, 0.25) is 0 Å². The first-order chi connectivity index (χ1) is 10.7. The highest BCUT2D eigenvalue weighted by Crippen LogP contribution is 2.39. The minimum absolute atomic E-state index is 0.205. The first-order valence-corrected chi connectivity index (χ1v) is 8.15. The third-order valence-corrected chi connectivity index (χ3v) is 5.07. The van der Waals surface area contributed by atoms with Gasteiger partial charge in [0.25, 0.3) is 0 Å². The SMILES string of the molecule is CCC1CN(C(=O)Nc2ccccc2F)c2ccccc2S1. The Labute approximate surface area is 133 Å². The summed E-state index contributed by atoms with van der Waals surface area (Å²) in [6, 6.07) is 13.7. The molecule has 0 saturated carbocycles. The predicted molar refractivity (Wildman–Crippen MR) is 89.1 cm³/mol. The second-order valence-corrected chi connectivity index (χ2v) is 6.48. The summed E-state index contributed by atoms with van der Waals surface area (Å²) < 4.78 is 13.7. The Morgan fingerprint density at radius 1 is 1.27 bits per heavy atom. The van der Waals surface area contributed by atoms with Crippen molar-refractivity contribution in [1.82, 2.24) is 0 Å². The molecule has 3 nitrogen and oxygen atoms in total. The van der Waals surface area contributed by atoms with E-state index in [2.05, 4.69) is 12.2 Å². The molecule has 0 aliphatic carbocycles. The first kappa shape index (κ1) is 14.9. The summed E-state index contributed by atoms with van der Waals surface area (Å²) in [5.41, 5.74) is 1.09. The second-order valence-electron chi connectivity index (χ2n) is 5.14. The molecule has 1 heterocycles. The van der Waals surface area contributed by atoms with Crippen molar-refractivity contribution in [3.63, 3.8) is 0 Å². The van der Waals surface area contributed by atoms with E-state index in [1.54, 1.807) is 34.9 Å². The van der Waals surface area contributed by atoms with E-state index in [0.29, 0.717) is 11.8 Å². The van der Waals surface area contributed by atoms with Crippen LogP contribution in [0.1, 0.15) is 13.3 Å². The molecule has 1 N–H and O–H groups in total. The molecule has 0 spiro atoms. The molecule has 1 aliphatic heterocycles. The molecule has 0 radical (unpaired) electrons. The minimum Gasteiger partial charge on any atom is -0.305 e. The highest BCUT2D eigenvalue weighted by Gasteiger charge is 2.28. The largest absolute Gasteiger partial charge is 0.326 e. The fourth-order valence-electron chi connectivity index (χ4n) is 2.45. The van der Waals surface area contributed by atoms with E-state index in [1.807, 2.05) is 24.3 Å². The third kappa shape index (κ3) is 2.95. The fourth-order valence-corrected chi connectivity index (χ4v) is 3.65. The number of carbonyl (C=O) groups is 1. The van der Waals surface area contributed by atoms with E-state index in [1.165, 1.54) is 6.07 Å². The Kier molecular flexibility index (Phi) is 4.34. The van der Waals surface area contributed by atoms with E-state index in [9.17, 15) is 9.18 Å². The summed E-state index contributed by atoms with van der Waals surface area (Å²) in [5, 5.41) is 3.02. The lowest BCUT2D eigenvalue weighted by Gasteiger charge is -2.33. The normalized spacial score (nSPS) is 17.0. The van der Waals surface area contributed by atoms with E-state index in [0.717, 1.165) is 17.0 Å². The number of anilines is 2. The number of halogens is 1. The van der Waals surface area contributed by atoms with Crippen molar-refractivity contribution in [2.45, 2.75) is 23.5 Å². The standard InChI is InChI=1S/C17H17FN2OS/c1-2-12-11-20(15-9-5-6-10-16(15)22-12)17(21)19-14-8-4-3-7-13(14)18/h3-10,12H,2,11H2,1H3,(H,19,21). The van der Waals surface area contributed by atoms with E-state index in [4.69, 9.17) is 0 Å². The molecule has 0 saturated heterocycles. The maximum atomic E-state index is 13.7. The lowest BCUT2D eigenvalue weighted by atomic mass is 10.2. The van der Waals surface area contributed by atoms with E-state index < -0.39 is 5.82 Å². The maximum absolute atomic E-state index is 13.7. The van der Waals surface area contributed by atoms with Gasteiger partial charge in [-0.15, -0.1) is 11.8 Å². The molecule has 5 heteroatoms. The molecule has 1 atom stereocenters. The molecule has 0 fully saturated rings. The average Bonchev–Trinajstić information content (AvgIpc) is 2.55. The van der Waals surface area contributed by atoms with Crippen LogP contribution in [0.5, 0.6) is 0 Å². The van der Waals surface area contributed by atoms with Gasteiger partial charge in [-0.1, -0.05) is 31.2 Å². The zero-order valence-electron chi connectivity index (χ0n) is 12.3. The van der Waals surface area contributed by atoms with Gasteiger partial charge in [0.05, 0.1) is 11.4 Å². The molecule has 3 rings (SSSR count). The van der Waals surface area contributed by atoms with Crippen LogP contribution >= 0.6 is 11.8 Å². The van der Waals surface area contributed by atoms with Gasteiger partial charge < -0.3 is 5.32 Å². The molecule has 114 valence electrons. The first-order valence-electron chi connectivity index (χ1n) is 7.27. The van der Waals surface area contributed by atoms with Crippen LogP contribution in [0.25, 0.3) is 0 Å². The Hall–Kier alpha value is -2.01. The van der Waals surface area contributed by atoms with Gasteiger partial charge in [0.1, 0.15) is 5.82 Å². The lowest BCUT2D eigenvalue weighted by Crippen LogP contribution is -2.42. The van der Waals surface area contributed by atoms with Crippen molar-refractivity contribution in [2.75, 3.05) is 16.8 Å². The number of fused-ring (bicyclic) bond motifs is 1. The number of carbonyl (C=O) groups excluding carboxylic acids is 1. The number of para-hydroxylation sites is 2. The van der Waals surface area contributed by atoms with Crippen LogP contribution < -0.4 is 10.2 Å². The van der Waals surface area contributed by atoms with Gasteiger partial charge in [-0.2, -0.15) is 0 Å². The zero-order valence-corrected chi connectivity index (χ0v) is 13.1. The number of hydrogen-bond acceptors (Lipinski definition) is 2. The quantitative estimate of drug-likeness (QED) is 0.867. The molecule has 2 aromatic carbocycles. The molecule has 0 bridgehead atoms. The maximum Gasteiger partial charge on any atom is 0.326 e. The Morgan fingerprint density at radius 2 is 2.00 bits per heavy atom. The van der Waals surface area contributed by atoms with Gasteiger partial charge in [0, 0.05) is 16.7 Å². The number of thioether (sulfide) groups is 1. The van der Waals surface area contributed by atoms with Crippen LogP contribution in [-0.4, -0.2) is 17.8 Å². The average molecular weight is 316 g/mol. The molecule has 1 aliphatic rings. The van der Waals surface area contributed by atoms with E-state index in [-0.39, 0.29) is 11.7 Å². The molecule has 2 aromatic rings. The minimum atomic E-state index is -0.428. The number of nitrogens with one attached hydrogen (secondary N) is 1. The summed E-state index contributed by atoms with van der Waals surface area (Å²) >= 11 is 1.79. The number of benzene rings is 2. The van der Waals surface area contributed by atoms with Crippen molar-refractivity contribution in [1.29, 1.82) is 0 Å². The van der Waals surface area contributed by atoms with Crippen molar-refractivity contribution in [3.05, 3.63) is 54.3 Å². The van der Waals surface area contributed by atoms with Crippen LogP contribution in [0.2, 0.25) is 0 Å². The number of nitrogens with zero attached hydrogens (tertiary/aromatic N) is 1. The van der Waals surface area contributed by atoms with Crippen molar-refractivity contribution in [3.8, 4) is 0 Å². The van der Waals surface area contributed by atoms with Crippen LogP contribution in [0.4, 0.5) is 20.6 Å². The number of hydrogen-bond donors (Lipinski definition) is 1. The lowest BCUT2D eigenvalue weighted by molar-refractivity contribution is 0.256. The van der Waals surface area contributed by atoms with Crippen molar-refractivity contribution in [2.24, 2.45) is 0 Å². The number of urea groups is 1. The molecular weight excluding hydrogens is 299 g/mol. The Bertz CT molecular complexity index is 692. The molecule has 1 unspecified atom stereocenters. The summed E-state index contributed by atoms with van der Waals surface area (Å²) in [6.07, 6.45) is 0.975. The van der Waals surface area contributed by atoms with Crippen LogP contribution in [0.3, 0.4) is 0 Å². The fraction of sp³-hybridized carbons (Fsp3) is 0.235. The molecular formula is C17H17FN2OS. The van der Waals surface area contributed by atoms with E-state index >= 15 is 0 Å². The summed E-state index contributed by atoms with van der Waals surface area (Å²) in [4.78, 5) is 15.4. The molecule has 22 heavy (non-hydrogen) atoms. The van der Waals surface area contributed by atoms with Crippen molar-refractivity contribution < 1.29 is 9.18 Å². The Morgan fingerprint density at radius 3 is 2.77 bits per heavy atom. The summed E-state index contributed by atoms with van der Waals surface area (Å²) in [5.74, 6) is -0.428. The van der Waals surface area contributed by atoms with Crippen molar-refractivity contribution >= 4 is 29.2 Å². The third-order valence-electron chi connectivity index (χ3n) is 3.65. The molecule has 2 amide bonds. The summed E-state index contributed by atoms with van der Waals surface area (Å²) in [7, 11) is 0. The zero-order chi connectivity index (χ0) is 15.5. The number of amides is 2. The highest BCUT2D eigenvalue weighted by molar-refractivity contribution is 8.00. The Balaban J connectivity index is 1.87. The molecule has 0 aromatic heterocycles. The predicted octanol–water partition coefficient (Wildman–Crippen LogP) is 4.75. The van der Waals surface area contributed by atoms with Gasteiger partial charge in [-0.25, -0.2) is 9.18 Å². The van der Waals surface area contributed by atoms with Gasteiger partial charge in [0.15, 0.2) is 0 Å². The number of rotatable bonds is 2. The monoisotopic (exact) mass is 316 g/mol. The van der Waals surface area contributed by atoms with Gasteiger partial charge in [-0.3, -0.25) is 4.90 Å². The smallest absolute Gasteiger partial charge is 0.305 e. The van der Waals surface area contributed by atoms with Crippen LogP contribution in [-0.2, 0) is 0 Å². The highest BCUT2D eigenvalue weighted by atomic mass is 32.2. The second kappa shape index (κ2) is 6.40.